The van der Waals surface area contributed by atoms with Crippen molar-refractivity contribution in [3.8, 4) is 11.3 Å². The van der Waals surface area contributed by atoms with Crippen molar-refractivity contribution in [3.05, 3.63) is 93.4 Å². The summed E-state index contributed by atoms with van der Waals surface area (Å²) in [5.41, 5.74) is 12.7. The maximum absolute atomic E-state index is 13.8. The molecule has 0 fully saturated rings. The first-order valence-corrected chi connectivity index (χ1v) is 10.8. The second kappa shape index (κ2) is 9.61. The number of hydrogen-bond acceptors (Lipinski definition) is 6. The first kappa shape index (κ1) is 24.6. The van der Waals surface area contributed by atoms with Gasteiger partial charge in [0.25, 0.3) is 0 Å². The molecule has 0 unspecified atom stereocenters. The van der Waals surface area contributed by atoms with Crippen LogP contribution in [-0.4, -0.2) is 10.8 Å². The Labute approximate surface area is 203 Å². The molecule has 0 saturated carbocycles. The minimum Gasteiger partial charge on any atom is -0.455 e. The first-order valence-electron chi connectivity index (χ1n) is 10.8. The van der Waals surface area contributed by atoms with Gasteiger partial charge in [-0.1, -0.05) is 35.6 Å². The molecule has 4 rings (SSSR count). The number of nitrogens with one attached hydrogen (secondary N) is 2. The highest BCUT2D eigenvalue weighted by atomic mass is 19.4. The molecule has 184 valence electrons. The average molecular weight is 494 g/mol. The molecule has 0 aliphatic rings. The normalized spacial score (nSPS) is 13.0. The molecular formula is C25H21F3N6O2. The van der Waals surface area contributed by atoms with E-state index in [1.54, 1.807) is 49.4 Å². The van der Waals surface area contributed by atoms with E-state index in [-0.39, 0.29) is 39.4 Å². The van der Waals surface area contributed by atoms with Gasteiger partial charge in [-0.15, -0.1) is 5.10 Å². The second-order valence-corrected chi connectivity index (χ2v) is 8.04. The van der Waals surface area contributed by atoms with Crippen LogP contribution in [0, 0.1) is 12.5 Å². The van der Waals surface area contributed by atoms with Gasteiger partial charge in [0, 0.05) is 22.9 Å². The zero-order valence-electron chi connectivity index (χ0n) is 19.2. The van der Waals surface area contributed by atoms with Gasteiger partial charge in [-0.3, -0.25) is 9.78 Å². The fraction of sp³-hybridized carbons (Fsp3) is 0.160. The molecule has 2 aromatic heterocycles. The molecule has 36 heavy (non-hydrogen) atoms. The number of hydrogen-bond donors (Lipinski definition) is 3. The molecule has 8 nitrogen and oxygen atoms in total. The maximum atomic E-state index is 13.8. The molecule has 2 aromatic carbocycles. The van der Waals surface area contributed by atoms with Crippen LogP contribution >= 0.6 is 0 Å². The third-order valence-electron chi connectivity index (χ3n) is 5.66. The van der Waals surface area contributed by atoms with Crippen molar-refractivity contribution in [2.24, 2.45) is 16.1 Å². The number of alkyl halides is 3. The van der Waals surface area contributed by atoms with Crippen molar-refractivity contribution in [3.63, 3.8) is 0 Å². The van der Waals surface area contributed by atoms with Gasteiger partial charge in [-0.25, -0.2) is 0 Å². The minimum atomic E-state index is -4.69. The molecule has 4 aromatic rings. The highest BCUT2D eigenvalue weighted by Crippen LogP contribution is 2.37. The molecule has 0 radical (unpaired) electrons. The van der Waals surface area contributed by atoms with Crippen molar-refractivity contribution >= 4 is 22.5 Å². The highest BCUT2D eigenvalue weighted by Gasteiger charge is 2.33. The van der Waals surface area contributed by atoms with Crippen LogP contribution in [0.2, 0.25) is 0 Å². The Morgan fingerprint density at radius 1 is 1.17 bits per heavy atom. The lowest BCUT2D eigenvalue weighted by Crippen LogP contribution is -2.19. The van der Waals surface area contributed by atoms with Gasteiger partial charge in [0.15, 0.2) is 11.3 Å². The molecule has 0 saturated heterocycles. The second-order valence-electron chi connectivity index (χ2n) is 8.04. The lowest BCUT2D eigenvalue weighted by Gasteiger charge is -2.21. The molecule has 0 aliphatic heterocycles. The minimum absolute atomic E-state index is 0.0330. The average Bonchev–Trinajstić information content (AvgIpc) is 2.86. The van der Waals surface area contributed by atoms with Crippen LogP contribution < -0.4 is 16.5 Å². The molecule has 0 spiro atoms. The fourth-order valence-electron chi connectivity index (χ4n) is 3.91. The molecule has 2 heterocycles. The Morgan fingerprint density at radius 2 is 1.89 bits per heavy atom. The molecule has 0 amide bonds. The quantitative estimate of drug-likeness (QED) is 0.131. The summed E-state index contributed by atoms with van der Waals surface area (Å²) in [6, 6.07) is 13.1. The third-order valence-corrected chi connectivity index (χ3v) is 5.66. The monoisotopic (exact) mass is 494 g/mol. The highest BCUT2D eigenvalue weighted by molar-refractivity contribution is 6.00. The van der Waals surface area contributed by atoms with Crippen molar-refractivity contribution in [2.45, 2.75) is 26.1 Å². The van der Waals surface area contributed by atoms with Crippen molar-refractivity contribution in [2.75, 3.05) is 5.32 Å². The summed E-state index contributed by atoms with van der Waals surface area (Å²) in [6.07, 6.45) is -3.24. The summed E-state index contributed by atoms with van der Waals surface area (Å²) in [4.78, 5) is 17.4. The van der Waals surface area contributed by atoms with Gasteiger partial charge >= 0.3 is 6.18 Å². The van der Waals surface area contributed by atoms with Crippen molar-refractivity contribution < 1.29 is 17.6 Å². The van der Waals surface area contributed by atoms with Crippen LogP contribution in [-0.2, 0) is 6.18 Å². The van der Waals surface area contributed by atoms with Crippen molar-refractivity contribution in [1.29, 1.82) is 5.53 Å². The topological polar surface area (TPSA) is 130 Å². The predicted molar refractivity (Wildman–Crippen MR) is 130 cm³/mol. The Kier molecular flexibility index (Phi) is 6.56. The maximum Gasteiger partial charge on any atom is 0.416 e. The van der Waals surface area contributed by atoms with Crippen LogP contribution in [0.1, 0.15) is 35.3 Å². The van der Waals surface area contributed by atoms with Gasteiger partial charge in [-0.2, -0.15) is 18.7 Å². The van der Waals surface area contributed by atoms with Gasteiger partial charge < -0.3 is 15.5 Å². The van der Waals surface area contributed by atoms with Gasteiger partial charge in [0.2, 0.25) is 0 Å². The largest absolute Gasteiger partial charge is 0.455 e. The summed E-state index contributed by atoms with van der Waals surface area (Å²) in [7, 11) is 0. The van der Waals surface area contributed by atoms with Gasteiger partial charge in [0.1, 0.15) is 17.0 Å². The number of anilines is 1. The van der Waals surface area contributed by atoms with Crippen LogP contribution in [0.5, 0.6) is 0 Å². The van der Waals surface area contributed by atoms with Crippen molar-refractivity contribution in [1.82, 2.24) is 4.98 Å². The molecule has 0 bridgehead atoms. The van der Waals surface area contributed by atoms with Gasteiger partial charge in [-0.05, 0) is 38.1 Å². The number of aromatic nitrogens is 1. The van der Waals surface area contributed by atoms with Crippen LogP contribution in [0.25, 0.3) is 22.3 Å². The standard InChI is InChI=1S/C25H21F3N6O2/c1-13-21(35)18-12-16(25(26,27)28)11-17(23(18)36-22(13)15-7-4-3-5-8-15)14(2)32-19-9-6-10-31-20(19)24(29)33-34-30/h3-12,14,32H,1-2H3,(H3,29,30,33)/t14-/m1/s1. The van der Waals surface area contributed by atoms with Gasteiger partial charge in [0.05, 0.1) is 22.7 Å². The fourth-order valence-corrected chi connectivity index (χ4v) is 3.91. The van der Waals surface area contributed by atoms with E-state index >= 15 is 0 Å². The number of pyridine rings is 1. The van der Waals surface area contributed by atoms with E-state index in [1.807, 2.05) is 0 Å². The van der Waals surface area contributed by atoms with E-state index in [2.05, 4.69) is 20.6 Å². The number of nitrogens with zero attached hydrogens (tertiary/aromatic N) is 3. The Bertz CT molecular complexity index is 1530. The lowest BCUT2D eigenvalue weighted by atomic mass is 9.98. The summed E-state index contributed by atoms with van der Waals surface area (Å²) >= 11 is 0. The number of rotatable bonds is 6. The van der Waals surface area contributed by atoms with E-state index in [4.69, 9.17) is 15.7 Å². The number of halogens is 3. The number of nitrogens with two attached hydrogens (primary N) is 1. The summed E-state index contributed by atoms with van der Waals surface area (Å²) in [5, 5.41) is 9.27. The SMILES string of the molecule is Cc1c(-c2ccccc2)oc2c([C@@H](C)Nc3cccnc3/C(N)=N/N=N)cc(C(F)(F)F)cc2c1=O. The number of amidine groups is 1. The third kappa shape index (κ3) is 4.67. The van der Waals surface area contributed by atoms with Crippen LogP contribution in [0.15, 0.2) is 80.3 Å². The molecule has 11 heteroatoms. The van der Waals surface area contributed by atoms with Crippen LogP contribution in [0.3, 0.4) is 0 Å². The Hall–Kier alpha value is -4.54. The number of fused-ring (bicyclic) bond motifs is 1. The zero-order chi connectivity index (χ0) is 26.0. The van der Waals surface area contributed by atoms with E-state index in [0.717, 1.165) is 12.1 Å². The predicted octanol–water partition coefficient (Wildman–Crippen LogP) is 6.01. The smallest absolute Gasteiger partial charge is 0.416 e. The lowest BCUT2D eigenvalue weighted by molar-refractivity contribution is -0.137. The van der Waals surface area contributed by atoms with E-state index < -0.39 is 23.2 Å². The Balaban J connectivity index is 1.94. The molecule has 1 atom stereocenters. The molecular weight excluding hydrogens is 473 g/mol. The van der Waals surface area contributed by atoms with Crippen LogP contribution in [0.4, 0.5) is 18.9 Å². The first-order chi connectivity index (χ1) is 17.1. The molecule has 0 aliphatic carbocycles. The number of benzene rings is 2. The zero-order valence-corrected chi connectivity index (χ0v) is 19.2. The van der Waals surface area contributed by atoms with E-state index in [9.17, 15) is 18.0 Å². The summed E-state index contributed by atoms with van der Waals surface area (Å²) in [6.45, 7) is 3.15. The molecule has 4 N–H and O–H groups in total. The summed E-state index contributed by atoms with van der Waals surface area (Å²) < 4.78 is 47.5. The summed E-state index contributed by atoms with van der Waals surface area (Å²) in [5.74, 6) is 0.125. The van der Waals surface area contributed by atoms with E-state index in [1.165, 1.54) is 13.1 Å². The Morgan fingerprint density at radius 3 is 2.56 bits per heavy atom. The van der Waals surface area contributed by atoms with E-state index in [0.29, 0.717) is 11.3 Å².